The van der Waals surface area contributed by atoms with Crippen molar-refractivity contribution in [1.29, 1.82) is 5.26 Å². The van der Waals surface area contributed by atoms with Gasteiger partial charge in [-0.2, -0.15) is 5.26 Å². The number of allylic oxidation sites excluding steroid dienone is 1. The van der Waals surface area contributed by atoms with Crippen molar-refractivity contribution in [3.63, 3.8) is 0 Å². The molecule has 2 atom stereocenters. The zero-order valence-corrected chi connectivity index (χ0v) is 15.6. The Kier molecular flexibility index (Phi) is 4.60. The maximum atomic E-state index is 13.4. The molecule has 0 spiro atoms. The maximum Gasteiger partial charge on any atom is 0.433 e. The van der Waals surface area contributed by atoms with Gasteiger partial charge in [-0.25, -0.2) is 0 Å². The van der Waals surface area contributed by atoms with E-state index in [0.29, 0.717) is 18.8 Å². The molecule has 1 fully saturated rings. The SMILES string of the molecule is Cc1cc2c(c(=O)n1C[C@H]1CCCO1)[C@H](c1ccc([N+](=O)[O-])o1)C(C#N)=C(N)O2. The summed E-state index contributed by atoms with van der Waals surface area (Å²) in [5.41, 5.74) is 6.30. The number of furan rings is 1. The van der Waals surface area contributed by atoms with Crippen LogP contribution < -0.4 is 16.0 Å². The van der Waals surface area contributed by atoms with Crippen LogP contribution in [0.2, 0.25) is 0 Å². The predicted molar refractivity (Wildman–Crippen MR) is 99.1 cm³/mol. The molecule has 0 aromatic carbocycles. The van der Waals surface area contributed by atoms with Gasteiger partial charge in [-0.05, 0) is 25.8 Å². The topological polar surface area (TPSA) is 147 Å². The Balaban J connectivity index is 1.88. The number of aryl methyl sites for hydroxylation is 1. The lowest BCUT2D eigenvalue weighted by molar-refractivity contribution is -0.402. The number of nitrogens with zero attached hydrogens (tertiary/aromatic N) is 3. The fourth-order valence-electron chi connectivity index (χ4n) is 3.79. The molecule has 0 aliphatic carbocycles. The van der Waals surface area contributed by atoms with Gasteiger partial charge >= 0.3 is 5.88 Å². The summed E-state index contributed by atoms with van der Waals surface area (Å²) in [5.74, 6) is -1.38. The van der Waals surface area contributed by atoms with Gasteiger partial charge in [0.2, 0.25) is 5.88 Å². The molecule has 4 rings (SSSR count). The highest BCUT2D eigenvalue weighted by molar-refractivity contribution is 5.54. The second-order valence-corrected chi connectivity index (χ2v) is 6.97. The van der Waals surface area contributed by atoms with Gasteiger partial charge in [-0.3, -0.25) is 14.9 Å². The number of hydrogen-bond donors (Lipinski definition) is 1. The number of aromatic nitrogens is 1. The van der Waals surface area contributed by atoms with E-state index in [0.717, 1.165) is 12.8 Å². The van der Waals surface area contributed by atoms with Gasteiger partial charge in [0, 0.05) is 18.4 Å². The average Bonchev–Trinajstić information content (AvgIpc) is 3.36. The van der Waals surface area contributed by atoms with Crippen LogP contribution in [-0.2, 0) is 11.3 Å². The fourth-order valence-corrected chi connectivity index (χ4v) is 3.79. The number of pyridine rings is 1. The number of hydrogen-bond acceptors (Lipinski definition) is 8. The summed E-state index contributed by atoms with van der Waals surface area (Å²) in [4.78, 5) is 23.7. The molecule has 29 heavy (non-hydrogen) atoms. The average molecular weight is 398 g/mol. The molecular formula is C19H18N4O6. The van der Waals surface area contributed by atoms with E-state index in [4.69, 9.17) is 19.6 Å². The monoisotopic (exact) mass is 398 g/mol. The molecule has 0 bridgehead atoms. The first-order valence-corrected chi connectivity index (χ1v) is 9.08. The van der Waals surface area contributed by atoms with Crippen molar-refractivity contribution >= 4 is 5.88 Å². The van der Waals surface area contributed by atoms with Gasteiger partial charge in [-0.1, -0.05) is 0 Å². The lowest BCUT2D eigenvalue weighted by atomic mass is 9.88. The van der Waals surface area contributed by atoms with Crippen LogP contribution in [0.1, 0.15) is 35.8 Å². The van der Waals surface area contributed by atoms with Crippen molar-refractivity contribution in [2.24, 2.45) is 5.73 Å². The first-order chi connectivity index (χ1) is 13.9. The largest absolute Gasteiger partial charge is 0.440 e. The number of nitrogens with two attached hydrogens (primary N) is 1. The molecule has 10 heteroatoms. The number of ether oxygens (including phenoxy) is 2. The normalized spacial score (nSPS) is 20.8. The third-order valence-corrected chi connectivity index (χ3v) is 5.18. The van der Waals surface area contributed by atoms with Crippen LogP contribution in [0.4, 0.5) is 5.88 Å². The molecule has 2 aliphatic rings. The molecule has 0 amide bonds. The summed E-state index contributed by atoms with van der Waals surface area (Å²) in [5, 5.41) is 20.6. The summed E-state index contributed by atoms with van der Waals surface area (Å²) < 4.78 is 18.1. The van der Waals surface area contributed by atoms with Crippen LogP contribution in [0.15, 0.2) is 38.9 Å². The van der Waals surface area contributed by atoms with Crippen molar-refractivity contribution in [3.8, 4) is 11.8 Å². The van der Waals surface area contributed by atoms with Crippen LogP contribution in [0, 0.1) is 28.4 Å². The second-order valence-electron chi connectivity index (χ2n) is 6.97. The molecule has 1 saturated heterocycles. The Morgan fingerprint density at radius 2 is 2.24 bits per heavy atom. The molecule has 2 aliphatic heterocycles. The van der Waals surface area contributed by atoms with Gasteiger partial charge in [0.15, 0.2) is 0 Å². The molecule has 2 aromatic heterocycles. The number of nitriles is 1. The minimum Gasteiger partial charge on any atom is -0.440 e. The molecule has 0 saturated carbocycles. The van der Waals surface area contributed by atoms with Crippen LogP contribution in [0.3, 0.4) is 0 Å². The van der Waals surface area contributed by atoms with E-state index < -0.39 is 16.7 Å². The van der Waals surface area contributed by atoms with Crippen LogP contribution in [0.5, 0.6) is 5.75 Å². The predicted octanol–water partition coefficient (Wildman–Crippen LogP) is 2.06. The number of fused-ring (bicyclic) bond motifs is 1. The van der Waals surface area contributed by atoms with Crippen LogP contribution >= 0.6 is 0 Å². The standard InChI is InChI=1S/C19H18N4O6/c1-10-7-14-17(19(24)22(10)9-11-3-2-6-27-11)16(12(8-20)18(21)29-14)13-4-5-15(28-13)23(25)26/h4-5,7,11,16H,2-3,6,9,21H2,1H3/t11-,16+/m1/s1. The summed E-state index contributed by atoms with van der Waals surface area (Å²) >= 11 is 0. The highest BCUT2D eigenvalue weighted by atomic mass is 16.6. The van der Waals surface area contributed by atoms with Gasteiger partial charge < -0.3 is 24.2 Å². The Morgan fingerprint density at radius 1 is 1.45 bits per heavy atom. The fraction of sp³-hybridized carbons (Fsp3) is 0.368. The van der Waals surface area contributed by atoms with Crippen molar-refractivity contribution in [2.45, 2.75) is 38.3 Å². The quantitative estimate of drug-likeness (QED) is 0.608. The zero-order valence-electron chi connectivity index (χ0n) is 15.6. The lowest BCUT2D eigenvalue weighted by Crippen LogP contribution is -2.34. The third-order valence-electron chi connectivity index (χ3n) is 5.18. The van der Waals surface area contributed by atoms with E-state index in [2.05, 4.69) is 0 Å². The Morgan fingerprint density at radius 3 is 2.86 bits per heavy atom. The summed E-state index contributed by atoms with van der Waals surface area (Å²) in [7, 11) is 0. The van der Waals surface area contributed by atoms with Crippen molar-refractivity contribution in [2.75, 3.05) is 6.61 Å². The van der Waals surface area contributed by atoms with Gasteiger partial charge in [-0.15, -0.1) is 0 Å². The minimum absolute atomic E-state index is 0.0358. The number of rotatable bonds is 4. The van der Waals surface area contributed by atoms with Crippen LogP contribution in [0.25, 0.3) is 0 Å². The van der Waals surface area contributed by atoms with Crippen molar-refractivity contribution < 1.29 is 18.8 Å². The molecule has 4 heterocycles. The van der Waals surface area contributed by atoms with E-state index in [1.807, 2.05) is 6.07 Å². The summed E-state index contributed by atoms with van der Waals surface area (Å²) in [6.45, 7) is 2.79. The van der Waals surface area contributed by atoms with Crippen LogP contribution in [-0.4, -0.2) is 22.2 Å². The van der Waals surface area contributed by atoms with E-state index >= 15 is 0 Å². The van der Waals surface area contributed by atoms with Crippen molar-refractivity contribution in [1.82, 2.24) is 4.57 Å². The van der Waals surface area contributed by atoms with E-state index in [9.17, 15) is 20.2 Å². The van der Waals surface area contributed by atoms with Gasteiger partial charge in [0.1, 0.15) is 28.1 Å². The first kappa shape index (κ1) is 18.8. The molecule has 2 N–H and O–H groups in total. The molecule has 0 unspecified atom stereocenters. The summed E-state index contributed by atoms with van der Waals surface area (Å²) in [6, 6.07) is 6.15. The van der Waals surface area contributed by atoms with Gasteiger partial charge in [0.05, 0.1) is 30.2 Å². The molecular weight excluding hydrogens is 380 g/mol. The van der Waals surface area contributed by atoms with E-state index in [1.54, 1.807) is 17.6 Å². The second kappa shape index (κ2) is 7.10. The van der Waals surface area contributed by atoms with E-state index in [1.165, 1.54) is 12.1 Å². The molecule has 150 valence electrons. The smallest absolute Gasteiger partial charge is 0.433 e. The maximum absolute atomic E-state index is 13.4. The van der Waals surface area contributed by atoms with E-state index in [-0.39, 0.29) is 40.2 Å². The third kappa shape index (κ3) is 3.15. The molecule has 0 radical (unpaired) electrons. The minimum atomic E-state index is -0.999. The van der Waals surface area contributed by atoms with Gasteiger partial charge in [0.25, 0.3) is 5.56 Å². The zero-order chi connectivity index (χ0) is 20.7. The summed E-state index contributed by atoms with van der Waals surface area (Å²) in [6.07, 6.45) is 1.71. The molecule has 10 nitrogen and oxygen atoms in total. The highest BCUT2D eigenvalue weighted by Gasteiger charge is 2.37. The lowest BCUT2D eigenvalue weighted by Gasteiger charge is -2.26. The Bertz CT molecular complexity index is 1120. The highest BCUT2D eigenvalue weighted by Crippen LogP contribution is 2.41. The molecule has 2 aromatic rings. The number of nitro groups is 1. The Labute approximate surface area is 164 Å². The first-order valence-electron chi connectivity index (χ1n) is 9.08. The van der Waals surface area contributed by atoms with Crippen molar-refractivity contribution in [3.05, 3.63) is 67.1 Å². The Hall–Kier alpha value is -3.58.